The van der Waals surface area contributed by atoms with Crippen LogP contribution in [0.4, 0.5) is 0 Å². The number of carbonyl (C=O) groups excluding carboxylic acids is 1. The van der Waals surface area contributed by atoms with Crippen molar-refractivity contribution in [2.24, 2.45) is 5.73 Å². The lowest BCUT2D eigenvalue weighted by Crippen LogP contribution is -2.24. The van der Waals surface area contributed by atoms with E-state index in [1.165, 1.54) is 0 Å². The highest BCUT2D eigenvalue weighted by Crippen LogP contribution is 2.10. The average molecular weight is 152 g/mol. The van der Waals surface area contributed by atoms with Gasteiger partial charge in [0.25, 0.3) is 0 Å². The van der Waals surface area contributed by atoms with Crippen molar-refractivity contribution < 1.29 is 9.53 Å². The summed E-state index contributed by atoms with van der Waals surface area (Å²) in [6.07, 6.45) is 0.691. The van der Waals surface area contributed by atoms with E-state index in [-0.39, 0.29) is 30.5 Å². The smallest absolute Gasteiger partial charge is 0.323 e. The van der Waals surface area contributed by atoms with Crippen LogP contribution in [-0.4, -0.2) is 18.1 Å². The van der Waals surface area contributed by atoms with Gasteiger partial charge >= 0.3 is 5.97 Å². The molecule has 1 aliphatic heterocycles. The van der Waals surface area contributed by atoms with Crippen molar-refractivity contribution in [3.8, 4) is 0 Å². The molecule has 0 saturated carbocycles. The zero-order chi connectivity index (χ0) is 6.15. The maximum Gasteiger partial charge on any atom is 0.323 e. The van der Waals surface area contributed by atoms with E-state index in [0.29, 0.717) is 6.42 Å². The molecule has 1 rings (SSSR count). The molecule has 54 valence electrons. The van der Waals surface area contributed by atoms with Crippen molar-refractivity contribution >= 4 is 18.4 Å². The summed E-state index contributed by atoms with van der Waals surface area (Å²) in [6, 6.07) is -0.370. The van der Waals surface area contributed by atoms with E-state index in [1.807, 2.05) is 6.92 Å². The van der Waals surface area contributed by atoms with Gasteiger partial charge in [-0.2, -0.15) is 0 Å². The lowest BCUT2D eigenvalue weighted by Gasteiger charge is -1.95. The van der Waals surface area contributed by atoms with Crippen LogP contribution in [-0.2, 0) is 9.53 Å². The summed E-state index contributed by atoms with van der Waals surface area (Å²) >= 11 is 0. The van der Waals surface area contributed by atoms with Crippen molar-refractivity contribution in [2.75, 3.05) is 0 Å². The van der Waals surface area contributed by atoms with E-state index < -0.39 is 0 Å². The third-order valence-electron chi connectivity index (χ3n) is 1.21. The molecule has 0 aromatic carbocycles. The first-order valence-corrected chi connectivity index (χ1v) is 2.66. The van der Waals surface area contributed by atoms with Crippen LogP contribution in [0.2, 0.25) is 0 Å². The topological polar surface area (TPSA) is 52.3 Å². The Labute approximate surface area is 60.0 Å². The van der Waals surface area contributed by atoms with Gasteiger partial charge in [0.1, 0.15) is 12.1 Å². The molecule has 9 heavy (non-hydrogen) atoms. The van der Waals surface area contributed by atoms with Crippen molar-refractivity contribution in [1.29, 1.82) is 0 Å². The van der Waals surface area contributed by atoms with Gasteiger partial charge in [0.05, 0.1) is 0 Å². The molecule has 1 heterocycles. The SMILES string of the molecule is CC1C[C@H](N)C(=O)O1.Cl. The monoisotopic (exact) mass is 151 g/mol. The van der Waals surface area contributed by atoms with Gasteiger partial charge in [0.2, 0.25) is 0 Å². The van der Waals surface area contributed by atoms with Gasteiger partial charge < -0.3 is 10.5 Å². The molecular formula is C5H10ClNO2. The molecule has 4 heteroatoms. The molecule has 0 amide bonds. The zero-order valence-corrected chi connectivity index (χ0v) is 5.98. The minimum atomic E-state index is -0.370. The van der Waals surface area contributed by atoms with Crippen LogP contribution < -0.4 is 5.73 Å². The Morgan fingerprint density at radius 2 is 2.33 bits per heavy atom. The van der Waals surface area contributed by atoms with Crippen LogP contribution >= 0.6 is 12.4 Å². The highest BCUT2D eigenvalue weighted by molar-refractivity contribution is 5.85. The van der Waals surface area contributed by atoms with Crippen LogP contribution in [0.1, 0.15) is 13.3 Å². The molecule has 0 bridgehead atoms. The van der Waals surface area contributed by atoms with E-state index >= 15 is 0 Å². The number of cyclic esters (lactones) is 1. The largest absolute Gasteiger partial charge is 0.461 e. The first-order chi connectivity index (χ1) is 3.70. The third kappa shape index (κ3) is 1.84. The second-order valence-corrected chi connectivity index (χ2v) is 2.09. The van der Waals surface area contributed by atoms with E-state index in [2.05, 4.69) is 0 Å². The van der Waals surface area contributed by atoms with Gasteiger partial charge in [-0.3, -0.25) is 4.79 Å². The van der Waals surface area contributed by atoms with Crippen LogP contribution in [0, 0.1) is 0 Å². The van der Waals surface area contributed by atoms with Gasteiger partial charge in [-0.15, -0.1) is 12.4 Å². The summed E-state index contributed by atoms with van der Waals surface area (Å²) in [5, 5.41) is 0. The predicted octanol–water partition coefficient (Wildman–Crippen LogP) is 0.0709. The molecule has 1 saturated heterocycles. The Hall–Kier alpha value is -0.280. The molecular weight excluding hydrogens is 142 g/mol. The quantitative estimate of drug-likeness (QED) is 0.499. The number of carbonyl (C=O) groups is 1. The first kappa shape index (κ1) is 8.72. The molecule has 2 atom stereocenters. The third-order valence-corrected chi connectivity index (χ3v) is 1.21. The van der Waals surface area contributed by atoms with Crippen molar-refractivity contribution in [3.05, 3.63) is 0 Å². The van der Waals surface area contributed by atoms with E-state index in [9.17, 15) is 4.79 Å². The Morgan fingerprint density at radius 1 is 1.78 bits per heavy atom. The predicted molar refractivity (Wildman–Crippen MR) is 35.4 cm³/mol. The number of esters is 1. The standard InChI is InChI=1S/C5H9NO2.ClH/c1-3-2-4(6)5(7)8-3;/h3-4H,2,6H2,1H3;1H/t3?,4-;/m0./s1. The molecule has 1 fully saturated rings. The first-order valence-electron chi connectivity index (χ1n) is 2.66. The number of rotatable bonds is 0. The van der Waals surface area contributed by atoms with Crippen molar-refractivity contribution in [1.82, 2.24) is 0 Å². The number of ether oxygens (including phenoxy) is 1. The molecule has 2 N–H and O–H groups in total. The maximum absolute atomic E-state index is 10.4. The fourth-order valence-electron chi connectivity index (χ4n) is 0.788. The molecule has 1 aliphatic rings. The summed E-state index contributed by atoms with van der Waals surface area (Å²) in [7, 11) is 0. The van der Waals surface area contributed by atoms with Gasteiger partial charge in [0.15, 0.2) is 0 Å². The summed E-state index contributed by atoms with van der Waals surface area (Å²) in [6.45, 7) is 1.84. The van der Waals surface area contributed by atoms with Crippen LogP contribution in [0.3, 0.4) is 0 Å². The van der Waals surface area contributed by atoms with E-state index in [0.717, 1.165) is 0 Å². The minimum Gasteiger partial charge on any atom is -0.461 e. The van der Waals surface area contributed by atoms with E-state index in [4.69, 9.17) is 10.5 Å². The Bertz CT molecular complexity index is 118. The lowest BCUT2D eigenvalue weighted by molar-refractivity contribution is -0.141. The molecule has 0 aromatic rings. The van der Waals surface area contributed by atoms with E-state index in [1.54, 1.807) is 0 Å². The summed E-state index contributed by atoms with van der Waals surface area (Å²) in [5.74, 6) is -0.266. The molecule has 0 aromatic heterocycles. The second-order valence-electron chi connectivity index (χ2n) is 2.09. The average Bonchev–Trinajstić information content (AvgIpc) is 1.85. The zero-order valence-electron chi connectivity index (χ0n) is 5.16. The second kappa shape index (κ2) is 3.03. The maximum atomic E-state index is 10.4. The summed E-state index contributed by atoms with van der Waals surface area (Å²) in [5.41, 5.74) is 5.29. The lowest BCUT2D eigenvalue weighted by atomic mass is 10.2. The molecule has 0 radical (unpaired) electrons. The van der Waals surface area contributed by atoms with Crippen LogP contribution in [0.15, 0.2) is 0 Å². The minimum absolute atomic E-state index is 0. The highest BCUT2D eigenvalue weighted by atomic mass is 35.5. The van der Waals surface area contributed by atoms with Gasteiger partial charge in [-0.1, -0.05) is 0 Å². The number of halogens is 1. The Kier molecular flexibility index (Phi) is 2.94. The van der Waals surface area contributed by atoms with Gasteiger partial charge in [-0.25, -0.2) is 0 Å². The fourth-order valence-corrected chi connectivity index (χ4v) is 0.788. The number of hydrogen-bond acceptors (Lipinski definition) is 3. The Balaban J connectivity index is 0.000000640. The molecule has 3 nitrogen and oxygen atoms in total. The summed E-state index contributed by atoms with van der Waals surface area (Å²) in [4.78, 5) is 10.4. The van der Waals surface area contributed by atoms with Gasteiger partial charge in [-0.05, 0) is 6.92 Å². The van der Waals surface area contributed by atoms with Crippen LogP contribution in [0.25, 0.3) is 0 Å². The number of nitrogens with two attached hydrogens (primary N) is 1. The molecule has 1 unspecified atom stereocenters. The fraction of sp³-hybridized carbons (Fsp3) is 0.800. The van der Waals surface area contributed by atoms with Crippen LogP contribution in [0.5, 0.6) is 0 Å². The highest BCUT2D eigenvalue weighted by Gasteiger charge is 2.27. The van der Waals surface area contributed by atoms with Crippen molar-refractivity contribution in [3.63, 3.8) is 0 Å². The normalized spacial score (nSPS) is 33.3. The van der Waals surface area contributed by atoms with Gasteiger partial charge in [0, 0.05) is 6.42 Å². The molecule has 0 spiro atoms. The number of hydrogen-bond donors (Lipinski definition) is 1. The molecule has 0 aliphatic carbocycles. The Morgan fingerprint density at radius 3 is 2.44 bits per heavy atom. The van der Waals surface area contributed by atoms with Crippen molar-refractivity contribution in [2.45, 2.75) is 25.5 Å². The summed E-state index contributed by atoms with van der Waals surface area (Å²) < 4.78 is 4.71.